The minimum absolute atomic E-state index is 0.0117. The van der Waals surface area contributed by atoms with Crippen molar-refractivity contribution in [2.75, 3.05) is 6.54 Å². The molecule has 4 heteroatoms. The van der Waals surface area contributed by atoms with Crippen LogP contribution in [-0.4, -0.2) is 33.1 Å². The van der Waals surface area contributed by atoms with E-state index in [2.05, 4.69) is 0 Å². The molecule has 0 aliphatic carbocycles. The molecule has 2 atom stereocenters. The highest BCUT2D eigenvalue weighted by molar-refractivity contribution is 5.94. The Kier molecular flexibility index (Phi) is 1.50. The predicted molar refractivity (Wildman–Crippen MR) is 49.7 cm³/mol. The van der Waals surface area contributed by atoms with Crippen molar-refractivity contribution in [2.24, 2.45) is 0 Å². The fourth-order valence-electron chi connectivity index (χ4n) is 2.49. The highest BCUT2D eigenvalue weighted by Crippen LogP contribution is 2.32. The maximum atomic E-state index is 11.9. The minimum atomic E-state index is -0.555. The number of fused-ring (bicyclic) bond motifs is 2. The van der Waals surface area contributed by atoms with Gasteiger partial charge in [0.05, 0.1) is 6.04 Å². The Hall–Kier alpha value is -1.29. The molecule has 74 valence electrons. The van der Waals surface area contributed by atoms with E-state index in [4.69, 9.17) is 0 Å². The summed E-state index contributed by atoms with van der Waals surface area (Å²) in [6.45, 7) is 0.783. The molecular formula is C10H12N2O2. The molecule has 0 aromatic carbocycles. The summed E-state index contributed by atoms with van der Waals surface area (Å²) < 4.78 is 1.68. The van der Waals surface area contributed by atoms with Crippen LogP contribution in [0.4, 0.5) is 0 Å². The quantitative estimate of drug-likeness (QED) is 0.654. The second-order valence-corrected chi connectivity index (χ2v) is 3.92. The number of hydrogen-bond donors (Lipinski definition) is 1. The van der Waals surface area contributed by atoms with Crippen molar-refractivity contribution in [3.63, 3.8) is 0 Å². The number of aromatic nitrogens is 1. The summed E-state index contributed by atoms with van der Waals surface area (Å²) in [6, 6.07) is 3.56. The van der Waals surface area contributed by atoms with Crippen molar-refractivity contribution >= 4 is 5.91 Å². The highest BCUT2D eigenvalue weighted by Gasteiger charge is 2.40. The van der Waals surface area contributed by atoms with Gasteiger partial charge in [0.15, 0.2) is 6.23 Å². The van der Waals surface area contributed by atoms with Crippen LogP contribution in [0.25, 0.3) is 0 Å². The molecule has 3 heterocycles. The number of amides is 1. The van der Waals surface area contributed by atoms with Gasteiger partial charge in [-0.1, -0.05) is 0 Å². The Bertz CT molecular complexity index is 385. The average Bonchev–Trinajstić information content (AvgIpc) is 2.82. The van der Waals surface area contributed by atoms with E-state index < -0.39 is 6.23 Å². The molecule has 1 N–H and O–H groups in total. The van der Waals surface area contributed by atoms with Gasteiger partial charge < -0.3 is 14.6 Å². The lowest BCUT2D eigenvalue weighted by molar-refractivity contribution is 0.000901. The number of nitrogens with zero attached hydrogens (tertiary/aromatic N) is 2. The first-order chi connectivity index (χ1) is 6.79. The summed E-state index contributed by atoms with van der Waals surface area (Å²) in [5.41, 5.74) is 0.607. The van der Waals surface area contributed by atoms with Gasteiger partial charge in [-0.25, -0.2) is 0 Å². The van der Waals surface area contributed by atoms with Crippen molar-refractivity contribution in [2.45, 2.75) is 25.1 Å². The molecule has 1 saturated heterocycles. The summed E-state index contributed by atoms with van der Waals surface area (Å²) in [5, 5.41) is 10.0. The number of aliphatic hydroxyl groups is 1. The third-order valence-electron chi connectivity index (χ3n) is 3.19. The Balaban J connectivity index is 2.12. The van der Waals surface area contributed by atoms with E-state index in [1.54, 1.807) is 27.8 Å². The lowest BCUT2D eigenvalue weighted by Crippen LogP contribution is -2.46. The van der Waals surface area contributed by atoms with E-state index in [1.165, 1.54) is 0 Å². The molecule has 0 radical (unpaired) electrons. The van der Waals surface area contributed by atoms with Crippen LogP contribution in [0.2, 0.25) is 0 Å². The molecular weight excluding hydrogens is 180 g/mol. The summed E-state index contributed by atoms with van der Waals surface area (Å²) in [4.78, 5) is 13.7. The zero-order valence-corrected chi connectivity index (χ0v) is 7.76. The van der Waals surface area contributed by atoms with Crippen molar-refractivity contribution in [1.29, 1.82) is 0 Å². The maximum Gasteiger partial charge on any atom is 0.270 e. The largest absolute Gasteiger partial charge is 0.371 e. The molecule has 1 aromatic rings. The molecule has 2 aliphatic heterocycles. The summed E-state index contributed by atoms with van der Waals surface area (Å²) in [6.07, 6.45) is 3.12. The Labute approximate surface area is 81.7 Å². The van der Waals surface area contributed by atoms with Gasteiger partial charge in [0.1, 0.15) is 5.69 Å². The normalized spacial score (nSPS) is 30.4. The molecule has 1 aromatic heterocycles. The van der Waals surface area contributed by atoms with Crippen LogP contribution < -0.4 is 0 Å². The minimum Gasteiger partial charge on any atom is -0.371 e. The van der Waals surface area contributed by atoms with Crippen LogP contribution in [-0.2, 0) is 0 Å². The van der Waals surface area contributed by atoms with Gasteiger partial charge in [-0.2, -0.15) is 0 Å². The third-order valence-corrected chi connectivity index (χ3v) is 3.19. The van der Waals surface area contributed by atoms with Crippen molar-refractivity contribution in [3.8, 4) is 0 Å². The second kappa shape index (κ2) is 2.60. The first-order valence-electron chi connectivity index (χ1n) is 4.95. The molecule has 0 bridgehead atoms. The SMILES string of the molecule is O=C1c2cccn2C(O)[C@@H]2CCCN12. The van der Waals surface area contributed by atoms with Crippen molar-refractivity contribution in [1.82, 2.24) is 9.47 Å². The molecule has 0 saturated carbocycles. The summed E-state index contributed by atoms with van der Waals surface area (Å²) >= 11 is 0. The van der Waals surface area contributed by atoms with Gasteiger partial charge in [0.25, 0.3) is 5.91 Å². The van der Waals surface area contributed by atoms with Crippen molar-refractivity contribution < 1.29 is 9.90 Å². The topological polar surface area (TPSA) is 45.5 Å². The van der Waals surface area contributed by atoms with Crippen LogP contribution in [0.3, 0.4) is 0 Å². The third kappa shape index (κ3) is 0.838. The van der Waals surface area contributed by atoms with E-state index in [-0.39, 0.29) is 11.9 Å². The second-order valence-electron chi connectivity index (χ2n) is 3.92. The molecule has 1 fully saturated rings. The fourth-order valence-corrected chi connectivity index (χ4v) is 2.49. The molecule has 3 rings (SSSR count). The van der Waals surface area contributed by atoms with E-state index in [0.29, 0.717) is 5.69 Å². The van der Waals surface area contributed by atoms with E-state index in [0.717, 1.165) is 19.4 Å². The van der Waals surface area contributed by atoms with Crippen LogP contribution in [0, 0.1) is 0 Å². The van der Waals surface area contributed by atoms with Gasteiger partial charge in [0.2, 0.25) is 0 Å². The van der Waals surface area contributed by atoms with Crippen LogP contribution in [0.1, 0.15) is 29.6 Å². The van der Waals surface area contributed by atoms with Gasteiger partial charge in [-0.05, 0) is 25.0 Å². The van der Waals surface area contributed by atoms with E-state index >= 15 is 0 Å². The van der Waals surface area contributed by atoms with Gasteiger partial charge in [0, 0.05) is 12.7 Å². The standard InChI is InChI=1S/C10H12N2O2/c13-9-7-3-1-5-11(7)10(14)8-4-2-6-12(8)9/h1,3,5,8,10,14H,2,4,6H2/t8-,10?/m0/s1. The number of carbonyl (C=O) groups is 1. The van der Waals surface area contributed by atoms with Crippen LogP contribution >= 0.6 is 0 Å². The molecule has 14 heavy (non-hydrogen) atoms. The molecule has 1 amide bonds. The number of rotatable bonds is 0. The maximum absolute atomic E-state index is 11.9. The predicted octanol–water partition coefficient (Wildman–Crippen LogP) is 0.597. The van der Waals surface area contributed by atoms with Crippen molar-refractivity contribution in [3.05, 3.63) is 24.0 Å². The van der Waals surface area contributed by atoms with E-state index in [9.17, 15) is 9.90 Å². The highest BCUT2D eigenvalue weighted by atomic mass is 16.3. The van der Waals surface area contributed by atoms with E-state index in [1.807, 2.05) is 0 Å². The molecule has 2 aliphatic rings. The van der Waals surface area contributed by atoms with Gasteiger partial charge in [-0.15, -0.1) is 0 Å². The first kappa shape index (κ1) is 8.05. The number of aliphatic hydroxyl groups excluding tert-OH is 1. The van der Waals surface area contributed by atoms with Crippen LogP contribution in [0.15, 0.2) is 18.3 Å². The Morgan fingerprint density at radius 1 is 1.50 bits per heavy atom. The Morgan fingerprint density at radius 3 is 3.21 bits per heavy atom. The average molecular weight is 192 g/mol. The zero-order chi connectivity index (χ0) is 9.71. The van der Waals surface area contributed by atoms with Gasteiger partial charge >= 0.3 is 0 Å². The lowest BCUT2D eigenvalue weighted by Gasteiger charge is -2.35. The smallest absolute Gasteiger partial charge is 0.270 e. The van der Waals surface area contributed by atoms with Crippen LogP contribution in [0.5, 0.6) is 0 Å². The monoisotopic (exact) mass is 192 g/mol. The lowest BCUT2D eigenvalue weighted by atomic mass is 10.1. The molecule has 4 nitrogen and oxygen atoms in total. The Morgan fingerprint density at radius 2 is 2.36 bits per heavy atom. The van der Waals surface area contributed by atoms with Gasteiger partial charge in [-0.3, -0.25) is 4.79 Å². The fraction of sp³-hybridized carbons (Fsp3) is 0.500. The first-order valence-corrected chi connectivity index (χ1v) is 4.95. The number of carbonyl (C=O) groups excluding carboxylic acids is 1. The summed E-state index contributed by atoms with van der Waals surface area (Å²) in [5.74, 6) is 0.0581. The molecule has 0 spiro atoms. The number of hydrogen-bond acceptors (Lipinski definition) is 2. The molecule has 1 unspecified atom stereocenters. The summed E-state index contributed by atoms with van der Waals surface area (Å²) in [7, 11) is 0. The zero-order valence-electron chi connectivity index (χ0n) is 7.76.